The summed E-state index contributed by atoms with van der Waals surface area (Å²) in [5.41, 5.74) is 12.9. The number of likely N-dealkylation sites (N-methyl/N-ethyl adjacent to an activating group) is 2. The SMILES string of the molecule is C.COc1c(C)cc2c(c1O)[C@@H]1[C@@H]3[C@@H]4SC[C@]5(N[C@H](CO)Cc6c5[nH]c5ccc(C)cc65)C(=O)OC[C@@H](c5c6c(c(C)c(OC(C)=O)c54)OCO6)N3[C@@H](C#N)[C@H](C2)N1C.COc1c(C)cc2c(c1O)[C@@H]1[C@@H]3[C@@H]4SC[C@]5(N[C@H](CO)Cc6c5[nH]c5ccc(C)cc65)C(=O)OC[C@@H](c5c6c(c(C)c(OC(C)=O)c54)OCO6)N3[C@@H](O)[C@H](C2)N1C.O=[N+]([O-])O.[Ag]. The maximum atomic E-state index is 15.1. The largest absolute Gasteiger partial charge is 0.504 e. The van der Waals surface area contributed by atoms with Crippen LogP contribution in [0.4, 0.5) is 0 Å². The third kappa shape index (κ3) is 12.8. The number of aromatic hydroxyl groups is 2. The number of aryl methyl sites for hydroxylation is 4. The number of fused-ring (bicyclic) bond motifs is 22. The fourth-order valence-corrected chi connectivity index (χ4v) is 25.2. The quantitative estimate of drug-likeness (QED) is 0.0245. The molecule has 8 bridgehead atoms. The molecule has 16 atom stereocenters. The van der Waals surface area contributed by atoms with E-state index in [-0.39, 0.29) is 98.9 Å². The van der Waals surface area contributed by atoms with E-state index in [1.807, 2.05) is 96.9 Å². The molecule has 2 aromatic heterocycles. The van der Waals surface area contributed by atoms with Crippen molar-refractivity contribution >= 4 is 69.2 Å². The van der Waals surface area contributed by atoms with Crippen molar-refractivity contribution in [3.63, 3.8) is 0 Å². The van der Waals surface area contributed by atoms with Gasteiger partial charge in [0.1, 0.15) is 37.0 Å². The summed E-state index contributed by atoms with van der Waals surface area (Å²) in [4.78, 5) is 80.1. The summed E-state index contributed by atoms with van der Waals surface area (Å²) in [5, 5.41) is 91.0. The van der Waals surface area contributed by atoms with Gasteiger partial charge in [0.05, 0.1) is 85.6 Å². The maximum Gasteiger partial charge on any atom is 0.333 e. The van der Waals surface area contributed by atoms with Gasteiger partial charge in [-0.3, -0.25) is 39.8 Å². The van der Waals surface area contributed by atoms with Crippen molar-refractivity contribution in [1.82, 2.24) is 40.2 Å². The Morgan fingerprint density at radius 1 is 0.612 bits per heavy atom. The van der Waals surface area contributed by atoms with Crippen molar-refractivity contribution in [2.75, 3.05) is 79.8 Å². The van der Waals surface area contributed by atoms with Gasteiger partial charge < -0.3 is 88.1 Å². The Morgan fingerprint density at radius 2 is 1.02 bits per heavy atom. The third-order valence-electron chi connectivity index (χ3n) is 26.5. The number of nitrogens with one attached hydrogen (secondary N) is 4. The molecule has 14 aliphatic heterocycles. The number of aromatic nitrogens is 2. The smallest absolute Gasteiger partial charge is 0.333 e. The van der Waals surface area contributed by atoms with Crippen LogP contribution in [0.15, 0.2) is 48.5 Å². The predicted octanol–water partition coefficient (Wildman–Crippen LogP) is 8.56. The number of H-pyrrole nitrogens is 2. The molecule has 6 aromatic carbocycles. The van der Waals surface area contributed by atoms with Crippen LogP contribution in [0.1, 0.15) is 156 Å². The van der Waals surface area contributed by atoms with Crippen molar-refractivity contribution in [3.8, 4) is 63.6 Å². The number of piperazine rings is 2. The summed E-state index contributed by atoms with van der Waals surface area (Å²) in [5.74, 6) is 1.50. The number of esters is 4. The number of hydrogen-bond donors (Lipinski definition) is 10. The standard InChI is InChI=1S/C43H45N5O9S.C42H46N4O10S.CH4.Ag.HNO3/c1-18-7-8-26-24(9-18)25-12-23(14-49)46-43(41(25)45-26)16-58-40-32-31(39-38(55-17-56-39)20(3)37(32)57-21(4)50)29(15-54-42(43)52)48-28(13-44)27-11-22-10-19(2)36(53-6)35(51)30(22)33(34(40)48)47(27)5;1-17-7-8-25-23(9-17)24-12-22(13-47)44-42(39(24)43-25)15-57-38-30-29(37-36(54-16-55-37)19(3)35(30)56-20(4)48)27(14-53-41(42)51)46-32(38)31-28-21(11-26(40(46)50)45(31)5)10-18(2)34(52-6)33(28)49;;;2-1(3)4/h7-10,23,27-29,33-34,40,45-46,49,51H,11-12,14-17H2,1-6H3;7-10,22,26-27,31-32,38,40,43-44,47,49-50H,11-16H2,1-6H3;1H4;;(H,2,3,4)/t23-,27-,28-,29-,33+,34+,40+,43+;22-,26-,27-,31+,32+,38+,40-,42+;;;/m00.../s1. The van der Waals surface area contributed by atoms with Crippen molar-refractivity contribution in [2.45, 2.75) is 183 Å². The zero-order valence-corrected chi connectivity index (χ0v) is 70.8. The number of aliphatic hydroxyl groups excluding tert-OH is 3. The number of phenolic OH excluding ortho intramolecular Hbond substituents is 2. The summed E-state index contributed by atoms with van der Waals surface area (Å²) in [6, 6.07) is 13.0. The molecule has 14 aliphatic rings. The summed E-state index contributed by atoms with van der Waals surface area (Å²) in [7, 11) is 7.05. The number of rotatable bonds is 6. The van der Waals surface area contributed by atoms with Crippen LogP contribution in [0.25, 0.3) is 21.8 Å². The average molecular weight is 1790 g/mol. The predicted molar refractivity (Wildman–Crippen MR) is 437 cm³/mol. The Morgan fingerprint density at radius 3 is 1.43 bits per heavy atom. The minimum atomic E-state index is -1.50. The monoisotopic (exact) mass is 1790 g/mol. The van der Waals surface area contributed by atoms with Gasteiger partial charge in [0.25, 0.3) is 5.09 Å². The first-order valence-corrected chi connectivity index (χ1v) is 41.7. The minimum Gasteiger partial charge on any atom is -0.504 e. The second kappa shape index (κ2) is 31.7. The summed E-state index contributed by atoms with van der Waals surface area (Å²) < 4.78 is 61.5. The van der Waals surface area contributed by atoms with E-state index in [0.29, 0.717) is 128 Å². The molecule has 4 fully saturated rings. The molecular formula is C86H96AgN10O22S2. The van der Waals surface area contributed by atoms with Crippen LogP contribution < -0.4 is 48.5 Å². The fourth-order valence-electron chi connectivity index (χ4n) is 21.9. The van der Waals surface area contributed by atoms with E-state index in [1.54, 1.807) is 14.2 Å². The second-order valence-electron chi connectivity index (χ2n) is 33.1. The van der Waals surface area contributed by atoms with E-state index < -0.39 is 117 Å². The summed E-state index contributed by atoms with van der Waals surface area (Å²) in [6.07, 6.45) is 0.882. The van der Waals surface area contributed by atoms with Crippen molar-refractivity contribution in [3.05, 3.63) is 159 Å². The van der Waals surface area contributed by atoms with Gasteiger partial charge in [-0.25, -0.2) is 9.59 Å². The molecule has 0 unspecified atom stereocenters. The van der Waals surface area contributed by atoms with Gasteiger partial charge in [0.2, 0.25) is 13.6 Å². The molecule has 22 rings (SSSR count). The molecule has 0 amide bonds. The number of ether oxygens (including phenoxy) is 10. The van der Waals surface area contributed by atoms with Crippen LogP contribution in [0.3, 0.4) is 0 Å². The first kappa shape index (κ1) is 85.0. The van der Waals surface area contributed by atoms with Gasteiger partial charge in [-0.05, 0) is 139 Å². The Bertz CT molecular complexity index is 5700. The number of nitriles is 1. The maximum absolute atomic E-state index is 15.1. The van der Waals surface area contributed by atoms with Crippen LogP contribution in [0, 0.1) is 63.0 Å². The molecule has 8 aromatic rings. The van der Waals surface area contributed by atoms with E-state index in [9.17, 15) is 40.4 Å². The number of carbonyl (C=O) groups is 4. The van der Waals surface area contributed by atoms with Crippen LogP contribution in [-0.2, 0) is 87.8 Å². The molecule has 4 saturated heterocycles. The van der Waals surface area contributed by atoms with Gasteiger partial charge in [-0.15, -0.1) is 33.6 Å². The zero-order valence-electron chi connectivity index (χ0n) is 67.7. The number of methoxy groups -OCH3 is 2. The molecule has 32 nitrogen and oxygen atoms in total. The first-order chi connectivity index (χ1) is 57.0. The van der Waals surface area contributed by atoms with Gasteiger partial charge in [0, 0.05) is 144 Å². The van der Waals surface area contributed by atoms with Crippen molar-refractivity contribution in [2.24, 2.45) is 0 Å². The van der Waals surface area contributed by atoms with Crippen LogP contribution in [0.5, 0.6) is 57.5 Å². The fraction of sp³-hybridized carbons (Fsp3) is 0.477. The minimum absolute atomic E-state index is 0. The van der Waals surface area contributed by atoms with Crippen LogP contribution >= 0.6 is 23.5 Å². The molecule has 0 saturated carbocycles. The third-order valence-corrected chi connectivity index (χ3v) is 29.5. The molecule has 35 heteroatoms. The number of carbonyl (C=O) groups excluding carboxylic acids is 4. The van der Waals surface area contributed by atoms with E-state index in [2.05, 4.69) is 53.5 Å². The molecule has 16 heterocycles. The number of aliphatic hydroxyl groups is 3. The number of aromatic amines is 2. The summed E-state index contributed by atoms with van der Waals surface area (Å²) in [6.45, 7) is 13.3. The van der Waals surface area contributed by atoms with Crippen LogP contribution in [0.2, 0.25) is 0 Å². The molecule has 0 aliphatic carbocycles. The number of phenols is 2. The van der Waals surface area contributed by atoms with E-state index in [0.717, 1.165) is 66.3 Å². The van der Waals surface area contributed by atoms with Gasteiger partial charge in [-0.2, -0.15) is 5.26 Å². The Balaban J connectivity index is 0.000000170. The Labute approximate surface area is 720 Å². The zero-order chi connectivity index (χ0) is 83.9. The molecule has 10 N–H and O–H groups in total. The Hall–Kier alpha value is -9.55. The number of benzene rings is 6. The molecule has 121 heavy (non-hydrogen) atoms. The number of thioether (sulfide) groups is 2. The molecular weight excluding hydrogens is 1700 g/mol. The average Bonchev–Trinajstić information content (AvgIpc) is 1.30. The van der Waals surface area contributed by atoms with Crippen LogP contribution in [-0.4, -0.2) is 218 Å². The van der Waals surface area contributed by atoms with Crippen molar-refractivity contribution < 1.29 is 125 Å². The van der Waals surface area contributed by atoms with E-state index in [4.69, 9.17) is 62.7 Å². The second-order valence-corrected chi connectivity index (χ2v) is 35.3. The topological polar surface area (TPSA) is 417 Å². The van der Waals surface area contributed by atoms with E-state index in [1.165, 1.54) is 37.4 Å². The first-order valence-electron chi connectivity index (χ1n) is 39.6. The molecule has 2 spiro atoms. The van der Waals surface area contributed by atoms with Gasteiger partial charge in [0.15, 0.2) is 57.1 Å². The molecule has 1 radical (unpaired) electrons. The normalized spacial score (nSPS) is 28.5. The van der Waals surface area contributed by atoms with Gasteiger partial charge in [-0.1, -0.05) is 42.8 Å². The Kier molecular flexibility index (Phi) is 22.2. The number of nitrogens with zero attached hydrogens (tertiary/aromatic N) is 6. The molecule has 645 valence electrons. The van der Waals surface area contributed by atoms with Crippen molar-refractivity contribution in [1.29, 1.82) is 5.26 Å². The van der Waals surface area contributed by atoms with E-state index >= 15 is 9.59 Å². The number of hydrogen-bond acceptors (Lipinski definition) is 30. The summed E-state index contributed by atoms with van der Waals surface area (Å²) >= 11 is 2.97. The van der Waals surface area contributed by atoms with Gasteiger partial charge >= 0.3 is 23.9 Å².